The van der Waals surface area contributed by atoms with Crippen LogP contribution in [0, 0.1) is 0 Å². The Morgan fingerprint density at radius 3 is 1.80 bits per heavy atom. The fraction of sp³-hybridized carbons (Fsp3) is 0.0652. The van der Waals surface area contributed by atoms with E-state index in [9.17, 15) is 0 Å². The predicted molar refractivity (Wildman–Crippen MR) is 207 cm³/mol. The maximum atomic E-state index is 5.50. The Hall–Kier alpha value is -6.39. The number of fused-ring (bicyclic) bond motifs is 7. The Kier molecular flexibility index (Phi) is 6.66. The number of para-hydroxylation sites is 4. The van der Waals surface area contributed by atoms with E-state index >= 15 is 0 Å². The summed E-state index contributed by atoms with van der Waals surface area (Å²) < 4.78 is 4.93. The first kappa shape index (κ1) is 28.6. The summed E-state index contributed by atoms with van der Waals surface area (Å²) in [5, 5.41) is 2.45. The van der Waals surface area contributed by atoms with E-state index in [0.29, 0.717) is 6.54 Å². The van der Waals surface area contributed by atoms with Crippen LogP contribution in [0.1, 0.15) is 24.1 Å². The van der Waals surface area contributed by atoms with Crippen molar-refractivity contribution in [1.29, 1.82) is 0 Å². The van der Waals surface area contributed by atoms with Crippen molar-refractivity contribution in [2.45, 2.75) is 19.4 Å². The topological polar surface area (TPSA) is 26.0 Å². The SMILES string of the molecule is C1=CC(c2cc(-c3ccccc3)cc(N3Cc4c(n(-c5ccccc5)c5ccccc45)-c4c3c3ccccc3n4-c3ccccc3)n2)=CCC1. The Balaban J connectivity index is 1.33. The van der Waals surface area contributed by atoms with Gasteiger partial charge >= 0.3 is 0 Å². The van der Waals surface area contributed by atoms with Gasteiger partial charge in [-0.1, -0.05) is 121 Å². The number of hydrogen-bond donors (Lipinski definition) is 0. The molecule has 0 saturated carbocycles. The number of hydrogen-bond acceptors (Lipinski definition) is 2. The molecular formula is C46H34N4. The van der Waals surface area contributed by atoms with Crippen molar-refractivity contribution in [3.63, 3.8) is 0 Å². The van der Waals surface area contributed by atoms with Crippen LogP contribution >= 0.6 is 0 Å². The lowest BCUT2D eigenvalue weighted by Gasteiger charge is -2.31. The molecule has 238 valence electrons. The van der Waals surface area contributed by atoms with Gasteiger partial charge < -0.3 is 14.0 Å². The number of aromatic nitrogens is 3. The minimum Gasteiger partial charge on any atom is -0.319 e. The molecule has 0 atom stereocenters. The second-order valence-electron chi connectivity index (χ2n) is 13.1. The zero-order valence-corrected chi connectivity index (χ0v) is 27.6. The normalized spacial score (nSPS) is 13.8. The van der Waals surface area contributed by atoms with Crippen LogP contribution in [0.15, 0.2) is 170 Å². The standard InChI is InChI=1S/C46H34N4/c1-5-17-32(18-6-1)34-29-40(33-19-7-2-8-20-33)47-43(30-34)48-31-39-37-25-13-15-27-41(37)49(35-21-9-3-10-22-35)45(39)46-44(48)38-26-14-16-28-42(38)50(46)36-23-11-4-12-24-36/h1,3-7,9-30H,2,8,31H2. The van der Waals surface area contributed by atoms with Gasteiger partial charge in [0.25, 0.3) is 0 Å². The molecule has 0 saturated heterocycles. The van der Waals surface area contributed by atoms with E-state index in [1.807, 2.05) is 0 Å². The summed E-state index contributed by atoms with van der Waals surface area (Å²) in [4.78, 5) is 7.98. The lowest BCUT2D eigenvalue weighted by Crippen LogP contribution is -2.23. The molecule has 8 aromatic rings. The molecular weight excluding hydrogens is 609 g/mol. The largest absolute Gasteiger partial charge is 0.319 e. The van der Waals surface area contributed by atoms with Crippen molar-refractivity contribution in [2.75, 3.05) is 4.90 Å². The van der Waals surface area contributed by atoms with E-state index in [1.54, 1.807) is 0 Å². The summed E-state index contributed by atoms with van der Waals surface area (Å²) in [6.45, 7) is 0.686. The second-order valence-corrected chi connectivity index (χ2v) is 13.1. The Morgan fingerprint density at radius 1 is 0.520 bits per heavy atom. The van der Waals surface area contributed by atoms with Crippen LogP contribution in [0.2, 0.25) is 0 Å². The van der Waals surface area contributed by atoms with Gasteiger partial charge in [-0.05, 0) is 78.1 Å². The molecule has 50 heavy (non-hydrogen) atoms. The van der Waals surface area contributed by atoms with Crippen molar-refractivity contribution in [3.05, 3.63) is 181 Å². The smallest absolute Gasteiger partial charge is 0.134 e. The van der Waals surface area contributed by atoms with Crippen molar-refractivity contribution < 1.29 is 0 Å². The summed E-state index contributed by atoms with van der Waals surface area (Å²) in [5.74, 6) is 0.945. The van der Waals surface area contributed by atoms with Crippen LogP contribution < -0.4 is 4.90 Å². The summed E-state index contributed by atoms with van der Waals surface area (Å²) >= 11 is 0. The van der Waals surface area contributed by atoms with Gasteiger partial charge in [0.2, 0.25) is 0 Å². The molecule has 0 radical (unpaired) electrons. The first-order valence-electron chi connectivity index (χ1n) is 17.4. The number of allylic oxidation sites excluding steroid dienone is 4. The second kappa shape index (κ2) is 11.6. The van der Waals surface area contributed by atoms with Gasteiger partial charge in [-0.3, -0.25) is 0 Å². The maximum absolute atomic E-state index is 5.50. The summed E-state index contributed by atoms with van der Waals surface area (Å²) in [7, 11) is 0. The van der Waals surface area contributed by atoms with E-state index in [0.717, 1.165) is 41.3 Å². The fourth-order valence-corrected chi connectivity index (χ4v) is 7.96. The Labute approximate surface area is 291 Å². The van der Waals surface area contributed by atoms with Gasteiger partial charge in [-0.25, -0.2) is 4.98 Å². The first-order chi connectivity index (χ1) is 24.8. The molecule has 0 fully saturated rings. The van der Waals surface area contributed by atoms with Crippen LogP contribution in [0.5, 0.6) is 0 Å². The highest BCUT2D eigenvalue weighted by Gasteiger charge is 2.36. The van der Waals surface area contributed by atoms with Crippen molar-refractivity contribution in [1.82, 2.24) is 14.1 Å². The Bertz CT molecular complexity index is 2610. The molecule has 2 aliphatic rings. The zero-order chi connectivity index (χ0) is 33.0. The summed E-state index contributed by atoms with van der Waals surface area (Å²) in [6, 6.07) is 54.5. The molecule has 3 aromatic heterocycles. The van der Waals surface area contributed by atoms with Crippen LogP contribution in [0.4, 0.5) is 11.5 Å². The third-order valence-electron chi connectivity index (χ3n) is 10.2. The number of nitrogens with zero attached hydrogens (tertiary/aromatic N) is 4. The molecule has 0 N–H and O–H groups in total. The van der Waals surface area contributed by atoms with Gasteiger partial charge in [0, 0.05) is 27.7 Å². The fourth-order valence-electron chi connectivity index (χ4n) is 7.96. The number of rotatable bonds is 5. The lowest BCUT2D eigenvalue weighted by molar-refractivity contribution is 0.919. The average molecular weight is 643 g/mol. The van der Waals surface area contributed by atoms with Gasteiger partial charge in [-0.2, -0.15) is 0 Å². The molecule has 1 aliphatic heterocycles. The number of benzene rings is 5. The van der Waals surface area contributed by atoms with Gasteiger partial charge in [-0.15, -0.1) is 0 Å². The number of anilines is 2. The minimum atomic E-state index is 0.686. The predicted octanol–water partition coefficient (Wildman–Crippen LogP) is 11.7. The van der Waals surface area contributed by atoms with Crippen LogP contribution in [-0.4, -0.2) is 14.1 Å². The quantitative estimate of drug-likeness (QED) is 0.187. The molecule has 0 unspecified atom stereocenters. The molecule has 5 aromatic carbocycles. The monoisotopic (exact) mass is 642 g/mol. The average Bonchev–Trinajstić information content (AvgIpc) is 3.72. The highest BCUT2D eigenvalue weighted by Crippen LogP contribution is 2.52. The van der Waals surface area contributed by atoms with Crippen molar-refractivity contribution in [2.24, 2.45) is 0 Å². The molecule has 0 bridgehead atoms. The van der Waals surface area contributed by atoms with Gasteiger partial charge in [0.05, 0.1) is 40.3 Å². The summed E-state index contributed by atoms with van der Waals surface area (Å²) in [5.41, 5.74) is 14.0. The first-order valence-corrected chi connectivity index (χ1v) is 17.4. The minimum absolute atomic E-state index is 0.686. The highest BCUT2D eigenvalue weighted by molar-refractivity contribution is 6.09. The van der Waals surface area contributed by atoms with Gasteiger partial charge in [0.1, 0.15) is 5.82 Å². The Morgan fingerprint density at radius 2 is 1.12 bits per heavy atom. The zero-order valence-electron chi connectivity index (χ0n) is 27.6. The van der Waals surface area contributed by atoms with E-state index < -0.39 is 0 Å². The molecule has 4 heterocycles. The number of pyridine rings is 1. The highest BCUT2D eigenvalue weighted by atomic mass is 15.2. The molecule has 1 aliphatic carbocycles. The van der Waals surface area contributed by atoms with Crippen LogP contribution in [0.25, 0.3) is 61.3 Å². The van der Waals surface area contributed by atoms with E-state index in [4.69, 9.17) is 4.98 Å². The molecule has 4 nitrogen and oxygen atoms in total. The maximum Gasteiger partial charge on any atom is 0.134 e. The van der Waals surface area contributed by atoms with Crippen LogP contribution in [-0.2, 0) is 6.54 Å². The molecule has 0 amide bonds. The molecule has 4 heteroatoms. The van der Waals surface area contributed by atoms with E-state index in [-0.39, 0.29) is 0 Å². The van der Waals surface area contributed by atoms with E-state index in [2.05, 4.69) is 184 Å². The summed E-state index contributed by atoms with van der Waals surface area (Å²) in [6.07, 6.45) is 8.92. The third-order valence-corrected chi connectivity index (χ3v) is 10.2. The van der Waals surface area contributed by atoms with E-state index in [1.165, 1.54) is 55.6 Å². The van der Waals surface area contributed by atoms with Crippen molar-refractivity contribution >= 4 is 38.9 Å². The van der Waals surface area contributed by atoms with Crippen LogP contribution in [0.3, 0.4) is 0 Å². The third kappa shape index (κ3) is 4.49. The lowest BCUT2D eigenvalue weighted by atomic mass is 9.98. The van der Waals surface area contributed by atoms with Crippen molar-refractivity contribution in [3.8, 4) is 33.9 Å². The molecule has 0 spiro atoms. The molecule has 10 rings (SSSR count). The van der Waals surface area contributed by atoms with Gasteiger partial charge in [0.15, 0.2) is 0 Å².